The fourth-order valence-corrected chi connectivity index (χ4v) is 36.8. The average Bonchev–Trinajstić information content (AvgIpc) is 3.26. The third-order valence-electron chi connectivity index (χ3n) is 7.68. The number of allylic oxidation sites excluding steroid dienone is 2. The Hall–Kier alpha value is 0.518. The van der Waals surface area contributed by atoms with Crippen molar-refractivity contribution >= 4 is 76.7 Å². The van der Waals surface area contributed by atoms with Crippen LogP contribution in [0.4, 0.5) is 0 Å². The first-order chi connectivity index (χ1) is 15.4. The van der Waals surface area contributed by atoms with Crippen molar-refractivity contribution in [2.45, 2.75) is 53.8 Å². The van der Waals surface area contributed by atoms with E-state index in [0.717, 1.165) is 18.9 Å². The summed E-state index contributed by atoms with van der Waals surface area (Å²) in [6, 6.07) is 16.5. The summed E-state index contributed by atoms with van der Waals surface area (Å²) in [5.74, 6) is 0. The van der Waals surface area contributed by atoms with Gasteiger partial charge in [-0.15, -0.1) is 0 Å². The molecule has 3 atom stereocenters. The van der Waals surface area contributed by atoms with E-state index >= 15 is 0 Å². The van der Waals surface area contributed by atoms with Crippen LogP contribution in [0, 0.1) is 0 Å². The molecule has 2 aromatic carbocycles. The molecule has 2 aromatic rings. The molecule has 33 heavy (non-hydrogen) atoms. The second-order valence-corrected chi connectivity index (χ2v) is 47.7. The fraction of sp³-hybridized carbons (Fsp3) is 0.360. The van der Waals surface area contributed by atoms with Crippen molar-refractivity contribution in [1.29, 1.82) is 0 Å². The number of fused-ring (bicyclic) bond motifs is 2. The molecule has 0 spiro atoms. The Morgan fingerprint density at radius 3 is 1.70 bits per heavy atom. The van der Waals surface area contributed by atoms with Crippen molar-refractivity contribution in [3.8, 4) is 0 Å². The Labute approximate surface area is 222 Å². The Kier molecular flexibility index (Phi) is 7.86. The van der Waals surface area contributed by atoms with Gasteiger partial charge in [0.2, 0.25) is 0 Å². The Bertz CT molecular complexity index is 1050. The number of benzene rings is 2. The van der Waals surface area contributed by atoms with E-state index in [9.17, 15) is 0 Å². The van der Waals surface area contributed by atoms with Crippen LogP contribution in [-0.4, -0.2) is 12.7 Å². The molecule has 0 radical (unpaired) electrons. The minimum absolute atomic E-state index is 0.130. The maximum absolute atomic E-state index is 8.24. The summed E-state index contributed by atoms with van der Waals surface area (Å²) < 4.78 is 0.260. The second kappa shape index (κ2) is 9.76. The van der Waals surface area contributed by atoms with E-state index in [1.54, 1.807) is 0 Å². The molecule has 3 unspecified atom stereocenters. The molecule has 2 aliphatic rings. The van der Waals surface area contributed by atoms with Gasteiger partial charge in [0.25, 0.3) is 0 Å². The molecule has 0 N–H and O–H groups in total. The average molecular weight is 612 g/mol. The Morgan fingerprint density at radius 1 is 0.788 bits per heavy atom. The van der Waals surface area contributed by atoms with Gasteiger partial charge >= 0.3 is 225 Å². The molecule has 0 bridgehead atoms. The first kappa shape index (κ1) is 26.6. The minimum atomic E-state index is -4.31. The molecule has 8 heteroatoms. The molecule has 0 heterocycles. The van der Waals surface area contributed by atoms with Gasteiger partial charge in [-0.1, -0.05) is 0 Å². The molecule has 177 valence electrons. The maximum atomic E-state index is 8.24. The predicted octanol–water partition coefficient (Wildman–Crippen LogP) is 10.1. The van der Waals surface area contributed by atoms with Gasteiger partial charge in [0.15, 0.2) is 0 Å². The van der Waals surface area contributed by atoms with Crippen LogP contribution in [0.2, 0.25) is 18.6 Å². The summed E-state index contributed by atoms with van der Waals surface area (Å²) >= 11 is 14.1. The summed E-state index contributed by atoms with van der Waals surface area (Å²) in [4.78, 5) is 0. The zero-order valence-corrected chi connectivity index (χ0v) is 26.7. The van der Waals surface area contributed by atoms with Crippen molar-refractivity contribution < 1.29 is 12.4 Å². The molecule has 4 rings (SSSR count). The van der Waals surface area contributed by atoms with E-state index in [4.69, 9.17) is 51.8 Å². The van der Waals surface area contributed by atoms with Crippen LogP contribution in [0.3, 0.4) is 0 Å². The molecule has 0 aliphatic heterocycles. The van der Waals surface area contributed by atoms with Crippen LogP contribution in [0.25, 0.3) is 12.2 Å². The molecular weight excluding hydrogens is 582 g/mol. The van der Waals surface area contributed by atoms with E-state index in [1.807, 2.05) is 0 Å². The van der Waals surface area contributed by atoms with Crippen LogP contribution >= 0.6 is 51.8 Å². The monoisotopic (exact) mass is 609 g/mol. The predicted molar refractivity (Wildman–Crippen MR) is 153 cm³/mol. The number of rotatable bonds is 8. The number of unbranched alkanes of at least 4 members (excludes halogenated alkanes) is 1. The zero-order chi connectivity index (χ0) is 24.0. The summed E-state index contributed by atoms with van der Waals surface area (Å²) in [5.41, 5.74) is 7.83. The first-order valence-corrected chi connectivity index (χ1v) is 28.2. The molecule has 0 aromatic heterocycles. The standard InChI is InChI=1S/2C10H9.C5H12Cl3Si2.2ClH.Ti/c2*1-8-6-9-4-2-3-5-10(9)7-8;1-9-4-2-3-5-10(6,7)8;;;/h2*2-7H,1H3;9H,2-5H2,1H3;2*1H;/q;;;;;+2/p-2. The zero-order valence-electron chi connectivity index (χ0n) is 19.2. The Balaban J connectivity index is 1.80. The number of halogens is 5. The summed E-state index contributed by atoms with van der Waals surface area (Å²) in [5, 5.41) is 0. The molecule has 0 fully saturated rings. The van der Waals surface area contributed by atoms with E-state index < -0.39 is 25.1 Å². The summed E-state index contributed by atoms with van der Waals surface area (Å²) in [6.45, 7) is 5.28. The molecule has 2 aliphatic carbocycles. The van der Waals surface area contributed by atoms with Gasteiger partial charge in [-0.25, -0.2) is 0 Å². The van der Waals surface area contributed by atoms with Gasteiger partial charge in [0.05, 0.1) is 0 Å². The molecule has 0 saturated carbocycles. The fourth-order valence-electron chi connectivity index (χ4n) is 6.21. The van der Waals surface area contributed by atoms with Crippen LogP contribution in [0.5, 0.6) is 0 Å². The topological polar surface area (TPSA) is 0 Å². The van der Waals surface area contributed by atoms with Crippen LogP contribution < -0.4 is 0 Å². The normalized spacial score (nSPS) is 22.1. The van der Waals surface area contributed by atoms with Gasteiger partial charge in [0.1, 0.15) is 0 Å². The van der Waals surface area contributed by atoms with E-state index in [-0.39, 0.29) is 8.45 Å². The van der Waals surface area contributed by atoms with Gasteiger partial charge in [-0.05, 0) is 0 Å². The van der Waals surface area contributed by atoms with Crippen molar-refractivity contribution in [3.05, 3.63) is 81.9 Å². The van der Waals surface area contributed by atoms with Crippen molar-refractivity contribution in [3.63, 3.8) is 0 Å². The van der Waals surface area contributed by atoms with Gasteiger partial charge in [-0.2, -0.15) is 0 Å². The van der Waals surface area contributed by atoms with Gasteiger partial charge in [0, 0.05) is 0 Å². The van der Waals surface area contributed by atoms with Gasteiger partial charge in [-0.3, -0.25) is 0 Å². The second-order valence-electron chi connectivity index (χ2n) is 9.89. The van der Waals surface area contributed by atoms with Crippen LogP contribution in [0.15, 0.2) is 59.7 Å². The van der Waals surface area contributed by atoms with Crippen molar-refractivity contribution in [2.24, 2.45) is 0 Å². The van der Waals surface area contributed by atoms with Crippen LogP contribution in [-0.2, 0) is 12.4 Å². The molecule has 0 nitrogen and oxygen atoms in total. The van der Waals surface area contributed by atoms with Crippen molar-refractivity contribution in [2.75, 3.05) is 0 Å². The summed E-state index contributed by atoms with van der Waals surface area (Å²) in [7, 11) is 16.5. The SMILES string of the molecule is CC1=Cc2ccccc2[CH]1[Ti]([Cl])([Cl])([CH]1C(C)=Cc2ccccc21)[SiH](C)CCCC[Si](Cl)(Cl)Cl. The Morgan fingerprint density at radius 2 is 1.24 bits per heavy atom. The molecule has 0 amide bonds. The quantitative estimate of drug-likeness (QED) is 0.158. The van der Waals surface area contributed by atoms with E-state index in [1.165, 1.54) is 33.4 Å². The molecular formula is C25H30Cl5Si2Ti. The van der Waals surface area contributed by atoms with Crippen molar-refractivity contribution in [1.82, 2.24) is 0 Å². The number of hydrogen-bond acceptors (Lipinski definition) is 0. The van der Waals surface area contributed by atoms with Gasteiger partial charge < -0.3 is 0 Å². The third-order valence-corrected chi connectivity index (χ3v) is 45.0. The third kappa shape index (κ3) is 4.91. The van der Waals surface area contributed by atoms with Crippen LogP contribution in [0.1, 0.15) is 57.4 Å². The van der Waals surface area contributed by atoms with E-state index in [2.05, 4.69) is 81.1 Å². The first-order valence-electron chi connectivity index (χ1n) is 11.6. The number of hydrogen-bond donors (Lipinski definition) is 0. The molecule has 0 saturated heterocycles. The van der Waals surface area contributed by atoms with E-state index in [0.29, 0.717) is 6.04 Å². The summed E-state index contributed by atoms with van der Waals surface area (Å²) in [6.07, 6.45) is 6.58.